The van der Waals surface area contributed by atoms with Gasteiger partial charge >= 0.3 is 6.61 Å². The molecule has 2 aromatic carbocycles. The van der Waals surface area contributed by atoms with Crippen LogP contribution in [0.2, 0.25) is 0 Å². The van der Waals surface area contributed by atoms with E-state index in [1.807, 2.05) is 30.3 Å². The minimum atomic E-state index is -2.98. The van der Waals surface area contributed by atoms with Gasteiger partial charge in [0.1, 0.15) is 0 Å². The quantitative estimate of drug-likeness (QED) is 0.375. The van der Waals surface area contributed by atoms with Gasteiger partial charge in [0.15, 0.2) is 11.5 Å². The van der Waals surface area contributed by atoms with Crippen molar-refractivity contribution in [3.05, 3.63) is 75.6 Å². The summed E-state index contributed by atoms with van der Waals surface area (Å²) >= 11 is 3.44. The Hall–Kier alpha value is -2.74. The molecule has 32 heavy (non-hydrogen) atoms. The van der Waals surface area contributed by atoms with Crippen LogP contribution >= 0.6 is 15.9 Å². The van der Waals surface area contributed by atoms with Gasteiger partial charge in [-0.2, -0.15) is 13.9 Å². The van der Waals surface area contributed by atoms with E-state index in [1.54, 1.807) is 6.07 Å². The average Bonchev–Trinajstić information content (AvgIpc) is 3.50. The van der Waals surface area contributed by atoms with E-state index >= 15 is 0 Å². The third-order valence-corrected chi connectivity index (χ3v) is 6.30. The fraction of sp³-hybridized carbons (Fsp3) is 0.333. The highest BCUT2D eigenvalue weighted by molar-refractivity contribution is 9.08. The maximum Gasteiger partial charge on any atom is 0.387 e. The molecule has 1 saturated carbocycles. The van der Waals surface area contributed by atoms with Crippen molar-refractivity contribution < 1.29 is 18.3 Å². The first-order valence-electron chi connectivity index (χ1n) is 10.3. The Labute approximate surface area is 193 Å². The maximum absolute atomic E-state index is 13.1. The van der Waals surface area contributed by atoms with E-state index in [0.717, 1.165) is 23.1 Å². The minimum absolute atomic E-state index is 0.0290. The highest BCUT2D eigenvalue weighted by Gasteiger charge is 2.37. The van der Waals surface area contributed by atoms with Crippen molar-refractivity contribution in [2.45, 2.75) is 37.7 Å². The Morgan fingerprint density at radius 3 is 2.59 bits per heavy atom. The number of methoxy groups -OCH3 is 1. The summed E-state index contributed by atoms with van der Waals surface area (Å²) in [5, 5.41) is 5.23. The summed E-state index contributed by atoms with van der Waals surface area (Å²) < 4.78 is 37.7. The van der Waals surface area contributed by atoms with E-state index in [4.69, 9.17) is 9.47 Å². The van der Waals surface area contributed by atoms with E-state index in [1.165, 1.54) is 23.9 Å². The minimum Gasteiger partial charge on any atom is -0.493 e. The number of halogens is 3. The summed E-state index contributed by atoms with van der Waals surface area (Å²) in [4.78, 5) is 12.4. The number of hydrogen-bond donors (Lipinski definition) is 0. The number of benzene rings is 2. The molecule has 3 aromatic rings. The largest absolute Gasteiger partial charge is 0.493 e. The fourth-order valence-electron chi connectivity index (χ4n) is 3.90. The summed E-state index contributed by atoms with van der Waals surface area (Å²) in [6.07, 6.45) is 0.949. The first kappa shape index (κ1) is 22.5. The molecule has 1 fully saturated rings. The fourth-order valence-corrected chi connectivity index (χ4v) is 4.25. The van der Waals surface area contributed by atoms with Crippen LogP contribution in [0.3, 0.4) is 0 Å². The lowest BCUT2D eigenvalue weighted by Crippen LogP contribution is -2.22. The lowest BCUT2D eigenvalue weighted by atomic mass is 10.0. The molecule has 2 atom stereocenters. The van der Waals surface area contributed by atoms with Crippen molar-refractivity contribution in [1.29, 1.82) is 0 Å². The van der Waals surface area contributed by atoms with Crippen LogP contribution in [0.4, 0.5) is 8.78 Å². The van der Waals surface area contributed by atoms with Crippen molar-refractivity contribution in [2.75, 3.05) is 7.11 Å². The number of aromatic nitrogens is 2. The van der Waals surface area contributed by atoms with Crippen molar-refractivity contribution in [3.8, 4) is 22.8 Å². The summed E-state index contributed by atoms with van der Waals surface area (Å²) in [6.45, 7) is -0.576. The van der Waals surface area contributed by atoms with Gasteiger partial charge in [-0.25, -0.2) is 4.68 Å². The second kappa shape index (κ2) is 9.40. The van der Waals surface area contributed by atoms with Crippen molar-refractivity contribution in [3.63, 3.8) is 0 Å². The molecule has 0 amide bonds. The topological polar surface area (TPSA) is 53.4 Å². The van der Waals surface area contributed by atoms with Gasteiger partial charge in [-0.15, -0.1) is 0 Å². The standard InChI is InChI=1S/C24H23BrF2N2O3/c1-14-8-18(14)19-10-17(11-21(23(19)31-2)32-24(26)27)20-6-7-22(30)29(28-20)13-16-5-3-4-15(9-16)12-25/h3-7,9-11,14,18,24H,8,12-13H2,1-2H3/t14?,18-/m0/s1. The molecular weight excluding hydrogens is 482 g/mol. The lowest BCUT2D eigenvalue weighted by Gasteiger charge is -2.16. The molecule has 1 aliphatic rings. The molecule has 8 heteroatoms. The summed E-state index contributed by atoms with van der Waals surface area (Å²) in [5.41, 5.74) is 3.71. The molecule has 0 radical (unpaired) electrons. The average molecular weight is 505 g/mol. The van der Waals surface area contributed by atoms with Gasteiger partial charge in [-0.3, -0.25) is 4.79 Å². The van der Waals surface area contributed by atoms with Gasteiger partial charge in [0.25, 0.3) is 5.56 Å². The smallest absolute Gasteiger partial charge is 0.387 e. The predicted molar refractivity (Wildman–Crippen MR) is 122 cm³/mol. The molecule has 0 N–H and O–H groups in total. The van der Waals surface area contributed by atoms with Gasteiger partial charge < -0.3 is 9.47 Å². The molecule has 5 nitrogen and oxygen atoms in total. The van der Waals surface area contributed by atoms with Crippen LogP contribution in [-0.4, -0.2) is 23.5 Å². The van der Waals surface area contributed by atoms with E-state index < -0.39 is 6.61 Å². The molecule has 0 spiro atoms. The Morgan fingerprint density at radius 1 is 1.19 bits per heavy atom. The molecule has 0 bridgehead atoms. The summed E-state index contributed by atoms with van der Waals surface area (Å²) in [7, 11) is 1.45. The van der Waals surface area contributed by atoms with Crippen LogP contribution in [0.5, 0.6) is 11.5 Å². The third-order valence-electron chi connectivity index (χ3n) is 5.65. The molecule has 168 valence electrons. The van der Waals surface area contributed by atoms with Crippen molar-refractivity contribution in [2.24, 2.45) is 5.92 Å². The molecular formula is C24H23BrF2N2O3. The number of rotatable bonds is 8. The van der Waals surface area contributed by atoms with Crippen LogP contribution < -0.4 is 15.0 Å². The number of nitrogens with zero attached hydrogens (tertiary/aromatic N) is 2. The highest BCUT2D eigenvalue weighted by atomic mass is 79.9. The highest BCUT2D eigenvalue weighted by Crippen LogP contribution is 2.53. The first-order chi connectivity index (χ1) is 15.4. The van der Waals surface area contributed by atoms with Gasteiger partial charge in [0.2, 0.25) is 0 Å². The molecule has 4 rings (SSSR count). The Kier molecular flexibility index (Phi) is 6.60. The van der Waals surface area contributed by atoms with Crippen LogP contribution in [0.25, 0.3) is 11.3 Å². The second-order valence-electron chi connectivity index (χ2n) is 7.96. The lowest BCUT2D eigenvalue weighted by molar-refractivity contribution is -0.0512. The number of ether oxygens (including phenoxy) is 2. The first-order valence-corrected chi connectivity index (χ1v) is 11.4. The van der Waals surface area contributed by atoms with Gasteiger partial charge in [-0.1, -0.05) is 47.1 Å². The zero-order chi connectivity index (χ0) is 22.8. The maximum atomic E-state index is 13.1. The number of alkyl halides is 3. The monoisotopic (exact) mass is 504 g/mol. The molecule has 1 unspecified atom stereocenters. The van der Waals surface area contributed by atoms with E-state index in [2.05, 4.69) is 28.0 Å². The van der Waals surface area contributed by atoms with E-state index in [0.29, 0.717) is 34.8 Å². The molecule has 1 aliphatic carbocycles. The van der Waals surface area contributed by atoms with Gasteiger partial charge in [-0.05, 0) is 47.6 Å². The Morgan fingerprint density at radius 2 is 1.94 bits per heavy atom. The van der Waals surface area contributed by atoms with E-state index in [-0.39, 0.29) is 17.2 Å². The third kappa shape index (κ3) is 4.85. The zero-order valence-corrected chi connectivity index (χ0v) is 19.3. The van der Waals surface area contributed by atoms with Crippen LogP contribution in [0, 0.1) is 5.92 Å². The zero-order valence-electron chi connectivity index (χ0n) is 17.7. The van der Waals surface area contributed by atoms with E-state index in [9.17, 15) is 13.6 Å². The van der Waals surface area contributed by atoms with Crippen LogP contribution in [-0.2, 0) is 11.9 Å². The van der Waals surface area contributed by atoms with Gasteiger partial charge in [0, 0.05) is 22.5 Å². The van der Waals surface area contributed by atoms with Crippen molar-refractivity contribution >= 4 is 15.9 Å². The van der Waals surface area contributed by atoms with Crippen LogP contribution in [0.15, 0.2) is 53.3 Å². The molecule has 0 saturated heterocycles. The predicted octanol–water partition coefficient (Wildman–Crippen LogP) is 5.59. The molecule has 1 heterocycles. The Bertz CT molecular complexity index is 1180. The molecule has 0 aliphatic heterocycles. The normalized spacial score (nSPS) is 17.4. The summed E-state index contributed by atoms with van der Waals surface area (Å²) in [5.74, 6) is 0.937. The van der Waals surface area contributed by atoms with Gasteiger partial charge in [0.05, 0.1) is 19.3 Å². The summed E-state index contributed by atoms with van der Waals surface area (Å²) in [6, 6.07) is 14.3. The molecule has 1 aromatic heterocycles. The number of hydrogen-bond acceptors (Lipinski definition) is 4. The van der Waals surface area contributed by atoms with Crippen LogP contribution in [0.1, 0.15) is 36.0 Å². The second-order valence-corrected chi connectivity index (χ2v) is 8.52. The Balaban J connectivity index is 1.75. The van der Waals surface area contributed by atoms with Crippen molar-refractivity contribution in [1.82, 2.24) is 9.78 Å². The SMILES string of the molecule is COc1c(OC(F)F)cc(-c2ccc(=O)n(Cc3cccc(CBr)c3)n2)cc1[C@H]1CC1C.